The van der Waals surface area contributed by atoms with Gasteiger partial charge < -0.3 is 50.3 Å². The number of hydrogen-bond donors (Lipinski definition) is 6. The van der Waals surface area contributed by atoms with Gasteiger partial charge in [0.25, 0.3) is 0 Å². The van der Waals surface area contributed by atoms with Crippen molar-refractivity contribution >= 4 is 73.5 Å². The van der Waals surface area contributed by atoms with Crippen molar-refractivity contribution in [3.05, 3.63) is 198 Å². The first kappa shape index (κ1) is 65.2. The van der Waals surface area contributed by atoms with Gasteiger partial charge in [0, 0.05) is 100 Å². The number of phenols is 2. The molecule has 3 aliphatic carbocycles. The second kappa shape index (κ2) is 27.9. The van der Waals surface area contributed by atoms with Crippen LogP contribution in [0.4, 0.5) is 0 Å². The Balaban J connectivity index is 0.000000143. The molecule has 476 valence electrons. The molecule has 3 aliphatic heterocycles. The van der Waals surface area contributed by atoms with Crippen LogP contribution < -0.4 is 10.5 Å². The molecule has 2 saturated heterocycles. The van der Waals surface area contributed by atoms with E-state index >= 15 is 0 Å². The molecule has 1 amide bonds. The quantitative estimate of drug-likeness (QED) is 0.0338. The number of amides is 1. The van der Waals surface area contributed by atoms with Gasteiger partial charge in [-0.25, -0.2) is 0 Å². The minimum Gasteiger partial charge on any atom is -0.507 e. The Hall–Kier alpha value is -7.33. The predicted molar refractivity (Wildman–Crippen MR) is 361 cm³/mol. The molecule has 0 spiro atoms. The maximum atomic E-state index is 13.3. The van der Waals surface area contributed by atoms with Crippen molar-refractivity contribution in [1.82, 2.24) is 19.7 Å². The molecule has 6 aliphatic rings. The highest BCUT2D eigenvalue weighted by Gasteiger charge is 2.49. The van der Waals surface area contributed by atoms with Gasteiger partial charge in [0.2, 0.25) is 5.91 Å². The molecular weight excluding hydrogens is 1260 g/mol. The molecule has 0 radical (unpaired) electrons. The smallest absolute Gasteiger partial charge is 0.230 e. The van der Waals surface area contributed by atoms with Crippen molar-refractivity contribution in [3.63, 3.8) is 0 Å². The van der Waals surface area contributed by atoms with Crippen LogP contribution in [0.5, 0.6) is 17.2 Å². The summed E-state index contributed by atoms with van der Waals surface area (Å²) < 4.78 is 19.0. The van der Waals surface area contributed by atoms with Crippen molar-refractivity contribution in [2.75, 3.05) is 52.9 Å². The summed E-state index contributed by atoms with van der Waals surface area (Å²) in [7, 11) is 2.15. The number of benzene rings is 6. The van der Waals surface area contributed by atoms with Crippen molar-refractivity contribution in [2.45, 2.75) is 122 Å². The van der Waals surface area contributed by atoms with E-state index in [0.29, 0.717) is 6.04 Å². The van der Waals surface area contributed by atoms with Gasteiger partial charge in [-0.05, 0) is 171 Å². The fourth-order valence-corrected chi connectivity index (χ4v) is 14.5. The van der Waals surface area contributed by atoms with Gasteiger partial charge in [0.1, 0.15) is 29.5 Å². The molecule has 7 N–H and O–H groups in total. The Morgan fingerprint density at radius 2 is 1.45 bits per heavy atom. The summed E-state index contributed by atoms with van der Waals surface area (Å²) in [6, 6.07) is 40.4. The number of nitrogens with two attached hydrogens (primary N) is 1. The van der Waals surface area contributed by atoms with Crippen molar-refractivity contribution in [2.24, 2.45) is 11.7 Å². The zero-order valence-corrected chi connectivity index (χ0v) is 54.7. The van der Waals surface area contributed by atoms with Crippen LogP contribution in [0.15, 0.2) is 134 Å². The fourth-order valence-electron chi connectivity index (χ4n) is 14.1. The molecular formula is C74H82IN5O11. The molecule has 8 atom stereocenters. The van der Waals surface area contributed by atoms with E-state index in [0.717, 1.165) is 51.4 Å². The van der Waals surface area contributed by atoms with Gasteiger partial charge in [-0.1, -0.05) is 104 Å². The van der Waals surface area contributed by atoms with Crippen LogP contribution in [0.25, 0.3) is 27.6 Å². The molecule has 2 fully saturated rings. The number of nitrogens with one attached hydrogen (secondary N) is 1. The Labute approximate surface area is 545 Å². The summed E-state index contributed by atoms with van der Waals surface area (Å²) in [6.45, 7) is 15.7. The molecule has 91 heavy (non-hydrogen) atoms. The fraction of sp³-hybridized carbons (Fsp3) is 0.378. The molecule has 6 aromatic carbocycles. The van der Waals surface area contributed by atoms with Crippen LogP contribution in [-0.4, -0.2) is 152 Å². The highest BCUT2D eigenvalue weighted by molar-refractivity contribution is 14.1. The van der Waals surface area contributed by atoms with Crippen LogP contribution in [0.3, 0.4) is 0 Å². The minimum absolute atomic E-state index is 0.00588. The number of rotatable bonds is 14. The number of aromatic hydroxyl groups is 2. The van der Waals surface area contributed by atoms with Gasteiger partial charge in [0.15, 0.2) is 23.6 Å². The lowest BCUT2D eigenvalue weighted by Crippen LogP contribution is -2.52. The lowest BCUT2D eigenvalue weighted by Gasteiger charge is -2.42. The first-order valence-corrected chi connectivity index (χ1v) is 33.0. The molecule has 7 aromatic rings. The number of H-pyrrole nitrogens is 1. The molecule has 1 aromatic heterocycles. The highest BCUT2D eigenvalue weighted by Crippen LogP contribution is 2.52. The Kier molecular flexibility index (Phi) is 20.0. The van der Waals surface area contributed by atoms with E-state index in [1.54, 1.807) is 19.1 Å². The summed E-state index contributed by atoms with van der Waals surface area (Å²) in [5.41, 5.74) is 15.0. The van der Waals surface area contributed by atoms with Gasteiger partial charge in [-0.15, -0.1) is 0 Å². The normalized spacial score (nSPS) is 23.6. The lowest BCUT2D eigenvalue weighted by molar-refractivity contribution is -0.247. The molecule has 0 bridgehead atoms. The van der Waals surface area contributed by atoms with E-state index in [1.165, 1.54) is 104 Å². The third-order valence-corrected chi connectivity index (χ3v) is 19.8. The highest BCUT2D eigenvalue weighted by atomic mass is 127. The molecule has 13 rings (SSSR count). The second-order valence-electron chi connectivity index (χ2n) is 24.7. The van der Waals surface area contributed by atoms with Crippen LogP contribution in [0, 0.1) is 9.49 Å². The number of allylic oxidation sites excluding steroid dienone is 1. The van der Waals surface area contributed by atoms with E-state index in [1.807, 2.05) is 4.90 Å². The number of ketones is 3. The number of aliphatic hydroxyl groups is 2. The standard InChI is InChI=1S/C28H30INO.C26H27NO9.C20H25N3O/c1-2-27(22-8-4-3-5-9-22)28(23-10-14-25(29)15-11-23)24-12-16-26(17-13-24)31-21-20-30-18-6-7-19-30;1-10-21(29)15(27)7-17(35-10)36-16-9-26(34,11(2)28)8-14-18(16)25(33)20-19(24(14)32)22(30)12-5-3-4-6-13(12)23(20)31;1-4-23(5-2)20(24)14-9-16-15-7-6-8-17-19(15)13(11-21-17)10-18(16)22(3)12-14/h3-5,8-17H,2,6-7,18-21H2,1H3;3-6,10,15-17,21,29,32-34H,7-9,27H2,1-2H3;6-9,11,14,18,21H,4-5,10,12H2,1-3H3/b28-27-;;/t;10-,15-,16-,17-,21+,26-;14-,18-/m.01/s1. The van der Waals surface area contributed by atoms with Crippen molar-refractivity contribution in [1.29, 1.82) is 0 Å². The zero-order valence-electron chi connectivity index (χ0n) is 52.6. The minimum atomic E-state index is -1.97. The average molecular weight is 1340 g/mol. The van der Waals surface area contributed by atoms with Crippen LogP contribution in [-0.2, 0) is 31.9 Å². The number of aromatic nitrogens is 1. The summed E-state index contributed by atoms with van der Waals surface area (Å²) >= 11 is 2.37. The van der Waals surface area contributed by atoms with E-state index in [2.05, 4.69) is 175 Å². The molecule has 4 heterocycles. The Morgan fingerprint density at radius 3 is 2.08 bits per heavy atom. The van der Waals surface area contributed by atoms with E-state index in [-0.39, 0.29) is 58.0 Å². The molecule has 0 saturated carbocycles. The molecule has 17 heteroatoms. The lowest BCUT2D eigenvalue weighted by atomic mass is 9.72. The number of nitrogens with zero attached hydrogens (tertiary/aromatic N) is 3. The first-order valence-electron chi connectivity index (χ1n) is 31.9. The van der Waals surface area contributed by atoms with E-state index in [9.17, 15) is 39.6 Å². The Morgan fingerprint density at radius 1 is 0.824 bits per heavy atom. The number of carbonyl (C=O) groups excluding carboxylic acids is 4. The summed E-state index contributed by atoms with van der Waals surface area (Å²) in [5, 5.41) is 45.2. The van der Waals surface area contributed by atoms with Crippen molar-refractivity contribution in [3.8, 4) is 17.2 Å². The maximum Gasteiger partial charge on any atom is 0.230 e. The molecule has 16 nitrogen and oxygen atoms in total. The number of likely N-dealkylation sites (N-methyl/N-ethyl adjacent to an activating group) is 1. The Bertz CT molecular complexity index is 3900. The van der Waals surface area contributed by atoms with Gasteiger partial charge in [0.05, 0.1) is 35.4 Å². The summed E-state index contributed by atoms with van der Waals surface area (Å²) in [4.78, 5) is 62.1. The van der Waals surface area contributed by atoms with Crippen LogP contribution >= 0.6 is 22.6 Å². The third kappa shape index (κ3) is 13.2. The summed E-state index contributed by atoms with van der Waals surface area (Å²) in [6.07, 6.45) is 4.65. The van der Waals surface area contributed by atoms with Gasteiger partial charge >= 0.3 is 0 Å². The second-order valence-corrected chi connectivity index (χ2v) is 26.0. The zero-order chi connectivity index (χ0) is 64.4. The van der Waals surface area contributed by atoms with Crippen LogP contribution in [0.2, 0.25) is 0 Å². The van der Waals surface area contributed by atoms with E-state index < -0.39 is 71.5 Å². The van der Waals surface area contributed by atoms with Crippen LogP contribution in [0.1, 0.15) is 144 Å². The number of fused-ring (bicyclic) bond motifs is 5. The number of likely N-dealkylation sites (tertiary alicyclic amines) is 1. The van der Waals surface area contributed by atoms with Crippen molar-refractivity contribution < 1.29 is 53.8 Å². The first-order chi connectivity index (χ1) is 43.8. The predicted octanol–water partition coefficient (Wildman–Crippen LogP) is 11.1. The topological polar surface area (TPSA) is 228 Å². The monoisotopic (exact) mass is 1340 g/mol. The van der Waals surface area contributed by atoms with Gasteiger partial charge in [-0.3, -0.25) is 29.0 Å². The third-order valence-electron chi connectivity index (χ3n) is 19.1. The SMILES string of the molecule is CC(=O)[C@]1(O)Cc2c(O)c3c(c(O)c2[C@@H](O[C@H]2C[C@H](N)[C@H](O)[C@H](C)O2)C1)C(=O)c1ccccc1C3=O.CC/C(=C(\c1ccc(I)cc1)c1ccc(OCCN2CCCC2)cc1)c1ccccc1.CCN(CC)C(=O)[C@@H]1C=C2c3cccc4[nH]cc(c34)C[C@H]2N(C)C1. The van der Waals surface area contributed by atoms with Gasteiger partial charge in [-0.2, -0.15) is 0 Å². The number of halogens is 1. The number of ether oxygens (including phenoxy) is 3. The number of hydrogen-bond acceptors (Lipinski definition) is 14. The number of aliphatic hydroxyl groups excluding tert-OH is 1. The molecule has 0 unspecified atom stereocenters. The number of Topliss-reactive ketones (excluding diaryl/α,β-unsaturated/α-hetero) is 1. The number of phenolic OH excluding ortho intramolecular Hbond substituents is 2. The summed E-state index contributed by atoms with van der Waals surface area (Å²) in [5.74, 6) is -1.90. The van der Waals surface area contributed by atoms with E-state index in [4.69, 9.17) is 19.9 Å². The number of carbonyl (C=O) groups is 4. The largest absolute Gasteiger partial charge is 0.507 e. The average Bonchev–Trinajstić information content (AvgIpc) is 0.750. The maximum absolute atomic E-state index is 13.3. The number of aromatic amines is 1.